The van der Waals surface area contributed by atoms with Gasteiger partial charge in [-0.05, 0) is 32.3 Å². The number of likely N-dealkylation sites (N-methyl/N-ethyl adjacent to an activating group) is 1. The summed E-state index contributed by atoms with van der Waals surface area (Å²) in [5.74, 6) is 1.66. The zero-order valence-corrected chi connectivity index (χ0v) is 17.8. The van der Waals surface area contributed by atoms with Gasteiger partial charge in [-0.25, -0.2) is 4.79 Å². The van der Waals surface area contributed by atoms with Gasteiger partial charge in [-0.1, -0.05) is 0 Å². The third kappa shape index (κ3) is 6.43. The molecule has 1 amide bonds. The molecule has 1 unspecified atom stereocenters. The Labute approximate surface area is 175 Å². The number of carbonyl (C=O) groups is 1. The van der Waals surface area contributed by atoms with Crippen LogP contribution >= 0.6 is 36.6 Å². The van der Waals surface area contributed by atoms with E-state index in [-0.39, 0.29) is 42.5 Å². The number of carbonyl (C=O) groups excluding carboxylic acids is 1. The van der Waals surface area contributed by atoms with E-state index < -0.39 is 0 Å². The maximum atomic E-state index is 12.3. The van der Waals surface area contributed by atoms with Gasteiger partial charge in [0.05, 0.1) is 5.52 Å². The minimum Gasteiger partial charge on any atom is -0.408 e. The lowest BCUT2D eigenvalue weighted by atomic mass is 10.2. The highest BCUT2D eigenvalue weighted by Gasteiger charge is 2.17. The molecule has 1 aliphatic heterocycles. The molecular formula is C17H26Cl2N4O3S. The van der Waals surface area contributed by atoms with E-state index in [4.69, 9.17) is 4.42 Å². The molecule has 2 heterocycles. The van der Waals surface area contributed by atoms with Crippen LogP contribution in [0.4, 0.5) is 5.69 Å². The largest absolute Gasteiger partial charge is 0.419 e. The lowest BCUT2D eigenvalue weighted by Crippen LogP contribution is -2.39. The van der Waals surface area contributed by atoms with Gasteiger partial charge in [0.15, 0.2) is 5.58 Å². The number of benzene rings is 1. The molecule has 2 N–H and O–H groups in total. The molecule has 7 nitrogen and oxygen atoms in total. The molecule has 0 radical (unpaired) electrons. The topological polar surface area (TPSA) is 79.5 Å². The molecule has 152 valence electrons. The van der Waals surface area contributed by atoms with Crippen molar-refractivity contribution in [3.63, 3.8) is 0 Å². The standard InChI is InChI=1S/C17H24N4O3S.2ClH/c1-20(2)6-7-21-14-9-12(3-4-15(14)24-17(21)23)19-16(22)10-13-11-25-8-5-18-13;;/h3-4,9,13,18H,5-8,10-11H2,1-2H3,(H,19,22);2*1H. The number of thioether (sulfide) groups is 1. The van der Waals surface area contributed by atoms with Gasteiger partial charge in [-0.3, -0.25) is 9.36 Å². The lowest BCUT2D eigenvalue weighted by Gasteiger charge is -2.22. The third-order valence-electron chi connectivity index (χ3n) is 4.15. The minimum absolute atomic E-state index is 0. The van der Waals surface area contributed by atoms with Crippen LogP contribution in [-0.2, 0) is 11.3 Å². The second kappa shape index (κ2) is 11.0. The molecule has 0 saturated carbocycles. The number of nitrogens with zero attached hydrogens (tertiary/aromatic N) is 2. The van der Waals surface area contributed by atoms with Crippen molar-refractivity contribution < 1.29 is 9.21 Å². The summed E-state index contributed by atoms with van der Waals surface area (Å²) in [5.41, 5.74) is 1.92. The Morgan fingerprint density at radius 3 is 2.85 bits per heavy atom. The van der Waals surface area contributed by atoms with Crippen molar-refractivity contribution >= 4 is 59.3 Å². The van der Waals surface area contributed by atoms with Crippen LogP contribution < -0.4 is 16.4 Å². The van der Waals surface area contributed by atoms with Crippen LogP contribution in [0.3, 0.4) is 0 Å². The van der Waals surface area contributed by atoms with Crippen LogP contribution in [0.25, 0.3) is 11.1 Å². The fraction of sp³-hybridized carbons (Fsp3) is 0.529. The number of amides is 1. The van der Waals surface area contributed by atoms with Gasteiger partial charge in [-0.15, -0.1) is 24.8 Å². The van der Waals surface area contributed by atoms with Crippen LogP contribution in [0, 0.1) is 0 Å². The van der Waals surface area contributed by atoms with Crippen LogP contribution in [0.5, 0.6) is 0 Å². The molecule has 0 spiro atoms. The molecule has 0 aliphatic carbocycles. The fourth-order valence-electron chi connectivity index (χ4n) is 2.84. The molecule has 1 aromatic heterocycles. The van der Waals surface area contributed by atoms with E-state index in [1.165, 1.54) is 0 Å². The van der Waals surface area contributed by atoms with Crippen molar-refractivity contribution in [2.24, 2.45) is 0 Å². The second-order valence-electron chi connectivity index (χ2n) is 6.48. The van der Waals surface area contributed by atoms with Gasteiger partial charge in [0.25, 0.3) is 0 Å². The predicted molar refractivity (Wildman–Crippen MR) is 116 cm³/mol. The Hall–Kier alpha value is -1.19. The lowest BCUT2D eigenvalue weighted by molar-refractivity contribution is -0.116. The number of aromatic nitrogens is 1. The van der Waals surface area contributed by atoms with E-state index >= 15 is 0 Å². The number of anilines is 1. The highest BCUT2D eigenvalue weighted by atomic mass is 35.5. The van der Waals surface area contributed by atoms with E-state index in [1.54, 1.807) is 22.8 Å². The highest BCUT2D eigenvalue weighted by molar-refractivity contribution is 7.99. The van der Waals surface area contributed by atoms with Crippen molar-refractivity contribution in [2.75, 3.05) is 44.0 Å². The van der Waals surface area contributed by atoms with Crippen LogP contribution in [0.2, 0.25) is 0 Å². The summed E-state index contributed by atoms with van der Waals surface area (Å²) in [6.45, 7) is 2.22. The first-order valence-electron chi connectivity index (χ1n) is 8.42. The summed E-state index contributed by atoms with van der Waals surface area (Å²) in [4.78, 5) is 26.3. The monoisotopic (exact) mass is 436 g/mol. The number of halogens is 2. The summed E-state index contributed by atoms with van der Waals surface area (Å²) in [5, 5.41) is 6.29. The SMILES string of the molecule is CN(C)CCn1c(=O)oc2ccc(NC(=O)CC3CSCCN3)cc21.Cl.Cl. The summed E-state index contributed by atoms with van der Waals surface area (Å²) in [6, 6.07) is 5.52. The Kier molecular flexibility index (Phi) is 9.69. The van der Waals surface area contributed by atoms with E-state index in [1.807, 2.05) is 30.8 Å². The van der Waals surface area contributed by atoms with Crippen LogP contribution in [0.15, 0.2) is 27.4 Å². The molecule has 1 atom stereocenters. The quantitative estimate of drug-likeness (QED) is 0.720. The number of fused-ring (bicyclic) bond motifs is 1. The number of hydrogen-bond acceptors (Lipinski definition) is 6. The van der Waals surface area contributed by atoms with Crippen LogP contribution in [-0.4, -0.2) is 60.1 Å². The third-order valence-corrected chi connectivity index (χ3v) is 5.28. The molecule has 1 aliphatic rings. The molecule has 3 rings (SSSR count). The molecule has 1 aromatic carbocycles. The minimum atomic E-state index is -0.372. The smallest absolute Gasteiger partial charge is 0.408 e. The van der Waals surface area contributed by atoms with Gasteiger partial charge >= 0.3 is 5.76 Å². The van der Waals surface area contributed by atoms with Gasteiger partial charge in [0, 0.05) is 49.3 Å². The Morgan fingerprint density at radius 1 is 1.41 bits per heavy atom. The molecule has 0 bridgehead atoms. The van der Waals surface area contributed by atoms with Gasteiger partial charge in [-0.2, -0.15) is 11.8 Å². The summed E-state index contributed by atoms with van der Waals surface area (Å²) in [7, 11) is 3.91. The fourth-order valence-corrected chi connectivity index (χ4v) is 3.79. The second-order valence-corrected chi connectivity index (χ2v) is 7.63. The molecule has 27 heavy (non-hydrogen) atoms. The highest BCUT2D eigenvalue weighted by Crippen LogP contribution is 2.19. The van der Waals surface area contributed by atoms with Gasteiger partial charge in [0.2, 0.25) is 5.91 Å². The van der Waals surface area contributed by atoms with Crippen molar-refractivity contribution in [1.29, 1.82) is 0 Å². The van der Waals surface area contributed by atoms with Gasteiger partial charge < -0.3 is 20.0 Å². The molecule has 1 saturated heterocycles. The van der Waals surface area contributed by atoms with Crippen molar-refractivity contribution in [2.45, 2.75) is 19.0 Å². The maximum Gasteiger partial charge on any atom is 0.419 e. The zero-order valence-electron chi connectivity index (χ0n) is 15.4. The number of hydrogen-bond donors (Lipinski definition) is 2. The van der Waals surface area contributed by atoms with Crippen molar-refractivity contribution in [1.82, 2.24) is 14.8 Å². The summed E-state index contributed by atoms with van der Waals surface area (Å²) < 4.78 is 6.88. The summed E-state index contributed by atoms with van der Waals surface area (Å²) in [6.07, 6.45) is 0.448. The first kappa shape index (κ1) is 23.8. The normalized spacial score (nSPS) is 16.6. The van der Waals surface area contributed by atoms with E-state index in [2.05, 4.69) is 10.6 Å². The van der Waals surface area contributed by atoms with Crippen LogP contribution in [0.1, 0.15) is 6.42 Å². The number of nitrogens with one attached hydrogen (secondary N) is 2. The number of rotatable bonds is 6. The predicted octanol–water partition coefficient (Wildman–Crippen LogP) is 2.03. The first-order valence-corrected chi connectivity index (χ1v) is 9.57. The zero-order chi connectivity index (χ0) is 17.8. The average Bonchev–Trinajstić information content (AvgIpc) is 2.88. The maximum absolute atomic E-state index is 12.3. The Balaban J connectivity index is 0.00000182. The average molecular weight is 437 g/mol. The Bertz CT molecular complexity index is 803. The van der Waals surface area contributed by atoms with Crippen molar-refractivity contribution in [3.8, 4) is 0 Å². The van der Waals surface area contributed by atoms with Crippen molar-refractivity contribution in [3.05, 3.63) is 28.7 Å². The van der Waals surface area contributed by atoms with E-state index in [0.717, 1.165) is 24.6 Å². The Morgan fingerprint density at radius 2 is 2.19 bits per heavy atom. The molecular weight excluding hydrogens is 411 g/mol. The number of oxazole rings is 1. The van der Waals surface area contributed by atoms with Gasteiger partial charge in [0.1, 0.15) is 0 Å². The molecule has 2 aromatic rings. The van der Waals surface area contributed by atoms with E-state index in [0.29, 0.717) is 29.8 Å². The summed E-state index contributed by atoms with van der Waals surface area (Å²) >= 11 is 1.87. The molecule has 10 heteroatoms. The molecule has 1 fully saturated rings. The first-order chi connectivity index (χ1) is 12.0. The van der Waals surface area contributed by atoms with E-state index in [9.17, 15) is 9.59 Å².